The van der Waals surface area contributed by atoms with Crippen molar-refractivity contribution in [3.63, 3.8) is 0 Å². The minimum Gasteiger partial charge on any atom is -0.464 e. The number of esters is 1. The number of rotatable bonds is 5. The van der Waals surface area contributed by atoms with Gasteiger partial charge in [-0.3, -0.25) is 4.79 Å². The van der Waals surface area contributed by atoms with E-state index in [9.17, 15) is 9.59 Å². The summed E-state index contributed by atoms with van der Waals surface area (Å²) in [6.07, 6.45) is 0. The average molecular weight is 283 g/mol. The number of nitrogens with one attached hydrogen (secondary N) is 1. The molecule has 4 nitrogen and oxygen atoms in total. The molecule has 2 aromatic rings. The fourth-order valence-corrected chi connectivity index (χ4v) is 1.95. The lowest BCUT2D eigenvalue weighted by Crippen LogP contribution is -2.34. The molecule has 21 heavy (non-hydrogen) atoms. The van der Waals surface area contributed by atoms with Crippen LogP contribution in [0.4, 0.5) is 0 Å². The molecule has 0 fully saturated rings. The van der Waals surface area contributed by atoms with E-state index >= 15 is 0 Å². The van der Waals surface area contributed by atoms with E-state index in [1.807, 2.05) is 24.3 Å². The first-order chi connectivity index (χ1) is 10.2. The van der Waals surface area contributed by atoms with Crippen LogP contribution in [-0.2, 0) is 9.53 Å². The third kappa shape index (κ3) is 3.92. The van der Waals surface area contributed by atoms with Crippen molar-refractivity contribution in [2.75, 3.05) is 6.61 Å². The Labute approximate surface area is 123 Å². The Morgan fingerprint density at radius 2 is 1.57 bits per heavy atom. The monoisotopic (exact) mass is 283 g/mol. The van der Waals surface area contributed by atoms with E-state index in [2.05, 4.69) is 5.32 Å². The predicted molar refractivity (Wildman–Crippen MR) is 79.7 cm³/mol. The molecule has 4 heteroatoms. The molecule has 0 heterocycles. The van der Waals surface area contributed by atoms with Crippen molar-refractivity contribution < 1.29 is 14.3 Å². The lowest BCUT2D eigenvalue weighted by Gasteiger charge is -2.17. The van der Waals surface area contributed by atoms with Crippen LogP contribution in [0.15, 0.2) is 60.7 Å². The molecule has 0 saturated carbocycles. The summed E-state index contributed by atoms with van der Waals surface area (Å²) < 4.78 is 5.04. The zero-order valence-corrected chi connectivity index (χ0v) is 11.8. The van der Waals surface area contributed by atoms with Crippen LogP contribution in [0.5, 0.6) is 0 Å². The molecule has 0 aliphatic carbocycles. The van der Waals surface area contributed by atoms with E-state index in [0.29, 0.717) is 11.1 Å². The van der Waals surface area contributed by atoms with E-state index in [-0.39, 0.29) is 12.5 Å². The summed E-state index contributed by atoms with van der Waals surface area (Å²) in [7, 11) is 0. The molecular formula is C17H17NO3. The number of hydrogen-bond donors (Lipinski definition) is 1. The van der Waals surface area contributed by atoms with Gasteiger partial charge in [-0.1, -0.05) is 48.5 Å². The molecule has 1 amide bonds. The Hall–Kier alpha value is -2.62. The van der Waals surface area contributed by atoms with Gasteiger partial charge in [0.05, 0.1) is 6.61 Å². The number of ether oxygens (including phenoxy) is 1. The van der Waals surface area contributed by atoms with Crippen LogP contribution in [0, 0.1) is 0 Å². The van der Waals surface area contributed by atoms with Gasteiger partial charge in [0, 0.05) is 5.56 Å². The van der Waals surface area contributed by atoms with Crippen molar-refractivity contribution >= 4 is 11.9 Å². The molecule has 0 spiro atoms. The van der Waals surface area contributed by atoms with E-state index in [1.165, 1.54) is 0 Å². The minimum absolute atomic E-state index is 0.267. The van der Waals surface area contributed by atoms with Gasteiger partial charge in [0.1, 0.15) is 0 Å². The first-order valence-electron chi connectivity index (χ1n) is 6.80. The Kier molecular flexibility index (Phi) is 5.10. The van der Waals surface area contributed by atoms with E-state index in [0.717, 1.165) is 0 Å². The summed E-state index contributed by atoms with van der Waals surface area (Å²) in [6, 6.07) is 17.0. The lowest BCUT2D eigenvalue weighted by molar-refractivity contribution is -0.145. The summed E-state index contributed by atoms with van der Waals surface area (Å²) in [6.45, 7) is 2.00. The Balaban J connectivity index is 2.20. The lowest BCUT2D eigenvalue weighted by atomic mass is 10.1. The van der Waals surface area contributed by atoms with Gasteiger partial charge in [-0.25, -0.2) is 4.79 Å². The highest BCUT2D eigenvalue weighted by Gasteiger charge is 2.24. The first-order valence-corrected chi connectivity index (χ1v) is 6.80. The average Bonchev–Trinajstić information content (AvgIpc) is 2.54. The second-order valence-corrected chi connectivity index (χ2v) is 4.44. The smallest absolute Gasteiger partial charge is 0.333 e. The number of amides is 1. The van der Waals surface area contributed by atoms with Crippen LogP contribution >= 0.6 is 0 Å². The van der Waals surface area contributed by atoms with Crippen molar-refractivity contribution in [2.24, 2.45) is 0 Å². The van der Waals surface area contributed by atoms with Crippen LogP contribution in [0.2, 0.25) is 0 Å². The first kappa shape index (κ1) is 14.8. The molecule has 0 saturated heterocycles. The second-order valence-electron chi connectivity index (χ2n) is 4.44. The summed E-state index contributed by atoms with van der Waals surface area (Å²) in [4.78, 5) is 24.3. The van der Waals surface area contributed by atoms with Crippen LogP contribution in [0.3, 0.4) is 0 Å². The molecule has 1 N–H and O–H groups in total. The quantitative estimate of drug-likeness (QED) is 0.858. The standard InChI is InChI=1S/C17H17NO3/c1-2-21-17(20)15(13-9-5-3-6-10-13)18-16(19)14-11-7-4-8-12-14/h3-12,15H,2H2,1H3,(H,18,19). The van der Waals surface area contributed by atoms with Crippen molar-refractivity contribution in [1.29, 1.82) is 0 Å². The molecule has 0 aliphatic heterocycles. The van der Waals surface area contributed by atoms with Gasteiger partial charge in [-0.05, 0) is 24.6 Å². The molecule has 2 aromatic carbocycles. The van der Waals surface area contributed by atoms with Crippen molar-refractivity contribution in [3.8, 4) is 0 Å². The van der Waals surface area contributed by atoms with Gasteiger partial charge < -0.3 is 10.1 Å². The topological polar surface area (TPSA) is 55.4 Å². The Bertz CT molecular complexity index is 596. The maximum Gasteiger partial charge on any atom is 0.333 e. The van der Waals surface area contributed by atoms with Crippen LogP contribution in [0.25, 0.3) is 0 Å². The molecule has 0 bridgehead atoms. The molecule has 108 valence electrons. The molecule has 2 rings (SSSR count). The normalized spacial score (nSPS) is 11.5. The second kappa shape index (κ2) is 7.24. The van der Waals surface area contributed by atoms with Crippen LogP contribution in [0.1, 0.15) is 28.9 Å². The van der Waals surface area contributed by atoms with Gasteiger partial charge in [0.15, 0.2) is 6.04 Å². The van der Waals surface area contributed by atoms with Gasteiger partial charge in [0.25, 0.3) is 5.91 Å². The Morgan fingerprint density at radius 3 is 2.14 bits per heavy atom. The zero-order valence-electron chi connectivity index (χ0n) is 11.8. The van der Waals surface area contributed by atoms with Crippen molar-refractivity contribution in [2.45, 2.75) is 13.0 Å². The summed E-state index contributed by atoms with van der Waals surface area (Å²) in [5.41, 5.74) is 1.20. The molecule has 0 radical (unpaired) electrons. The van der Waals surface area contributed by atoms with E-state index in [1.54, 1.807) is 43.3 Å². The highest BCUT2D eigenvalue weighted by molar-refractivity contribution is 5.97. The maximum absolute atomic E-state index is 12.2. The van der Waals surface area contributed by atoms with Crippen molar-refractivity contribution in [3.05, 3.63) is 71.8 Å². The van der Waals surface area contributed by atoms with Gasteiger partial charge >= 0.3 is 5.97 Å². The summed E-state index contributed by atoms with van der Waals surface area (Å²) >= 11 is 0. The van der Waals surface area contributed by atoms with E-state index < -0.39 is 12.0 Å². The minimum atomic E-state index is -0.807. The van der Waals surface area contributed by atoms with Crippen LogP contribution < -0.4 is 5.32 Å². The largest absolute Gasteiger partial charge is 0.464 e. The number of hydrogen-bond acceptors (Lipinski definition) is 3. The third-order valence-corrected chi connectivity index (χ3v) is 2.97. The highest BCUT2D eigenvalue weighted by Crippen LogP contribution is 2.15. The molecule has 0 aromatic heterocycles. The molecule has 1 atom stereocenters. The Morgan fingerprint density at radius 1 is 1.00 bits per heavy atom. The number of carbonyl (C=O) groups excluding carboxylic acids is 2. The van der Waals surface area contributed by atoms with Gasteiger partial charge in [-0.15, -0.1) is 0 Å². The zero-order chi connectivity index (χ0) is 15.1. The molecule has 1 unspecified atom stereocenters. The number of benzene rings is 2. The van der Waals surface area contributed by atoms with Crippen molar-refractivity contribution in [1.82, 2.24) is 5.32 Å². The number of carbonyl (C=O) groups is 2. The van der Waals surface area contributed by atoms with Gasteiger partial charge in [-0.2, -0.15) is 0 Å². The predicted octanol–water partition coefficient (Wildman–Crippen LogP) is 2.72. The summed E-state index contributed by atoms with van der Waals surface area (Å²) in [5, 5.41) is 2.72. The molecular weight excluding hydrogens is 266 g/mol. The van der Waals surface area contributed by atoms with Crippen LogP contribution in [-0.4, -0.2) is 18.5 Å². The van der Waals surface area contributed by atoms with E-state index in [4.69, 9.17) is 4.74 Å². The maximum atomic E-state index is 12.2. The fourth-order valence-electron chi connectivity index (χ4n) is 1.95. The SMILES string of the molecule is CCOC(=O)C(NC(=O)c1ccccc1)c1ccccc1. The molecule has 0 aliphatic rings. The highest BCUT2D eigenvalue weighted by atomic mass is 16.5. The summed E-state index contributed by atoms with van der Waals surface area (Å²) in [5.74, 6) is -0.773. The van der Waals surface area contributed by atoms with Gasteiger partial charge in [0.2, 0.25) is 0 Å². The third-order valence-electron chi connectivity index (χ3n) is 2.97. The fraction of sp³-hybridized carbons (Fsp3) is 0.176.